The molecule has 0 fully saturated rings. The molecule has 0 radical (unpaired) electrons. The van der Waals surface area contributed by atoms with Crippen molar-refractivity contribution in [3.05, 3.63) is 71.3 Å². The number of nitrogens with one attached hydrogen (secondary N) is 1. The highest BCUT2D eigenvalue weighted by Gasteiger charge is 2.25. The fourth-order valence-corrected chi connectivity index (χ4v) is 3.40. The Bertz CT molecular complexity index is 573. The quantitative estimate of drug-likeness (QED) is 0.828. The fourth-order valence-electron chi connectivity index (χ4n) is 3.40. The van der Waals surface area contributed by atoms with Gasteiger partial charge >= 0.3 is 0 Å². The molecule has 0 saturated heterocycles. The van der Waals surface area contributed by atoms with Gasteiger partial charge in [-0.05, 0) is 34.9 Å². The summed E-state index contributed by atoms with van der Waals surface area (Å²) in [4.78, 5) is 0. The minimum absolute atomic E-state index is 0.599. The van der Waals surface area contributed by atoms with E-state index in [0.717, 1.165) is 13.1 Å². The molecule has 0 saturated carbocycles. The number of rotatable bonds is 6. The molecule has 0 heterocycles. The van der Waals surface area contributed by atoms with Crippen molar-refractivity contribution in [1.82, 2.24) is 5.32 Å². The van der Waals surface area contributed by atoms with E-state index in [1.807, 2.05) is 0 Å². The van der Waals surface area contributed by atoms with Gasteiger partial charge in [0.2, 0.25) is 0 Å². The Morgan fingerprint density at radius 3 is 2.43 bits per heavy atom. The molecule has 1 aliphatic carbocycles. The van der Waals surface area contributed by atoms with E-state index in [1.54, 1.807) is 5.56 Å². The second-order valence-corrected chi connectivity index (χ2v) is 6.52. The Kier molecular flexibility index (Phi) is 4.40. The smallest absolute Gasteiger partial charge is 0.00237 e. The zero-order chi connectivity index (χ0) is 14.7. The highest BCUT2D eigenvalue weighted by molar-refractivity contribution is 5.40. The number of fused-ring (bicyclic) bond motifs is 1. The Morgan fingerprint density at radius 2 is 1.71 bits per heavy atom. The summed E-state index contributed by atoms with van der Waals surface area (Å²) in [5.41, 5.74) is 4.53. The van der Waals surface area contributed by atoms with Crippen LogP contribution in [0.25, 0.3) is 0 Å². The molecule has 1 nitrogen and oxygen atoms in total. The summed E-state index contributed by atoms with van der Waals surface area (Å²) in [5.74, 6) is 1.97. The third kappa shape index (κ3) is 3.19. The van der Waals surface area contributed by atoms with E-state index in [4.69, 9.17) is 0 Å². The molecule has 0 aliphatic heterocycles. The molecule has 1 heteroatoms. The van der Waals surface area contributed by atoms with Crippen LogP contribution < -0.4 is 5.32 Å². The normalized spacial score (nSPS) is 18.1. The second-order valence-electron chi connectivity index (χ2n) is 6.52. The third-order valence-electron chi connectivity index (χ3n) is 4.75. The summed E-state index contributed by atoms with van der Waals surface area (Å²) in [6.45, 7) is 6.81. The van der Waals surface area contributed by atoms with E-state index < -0.39 is 0 Å². The Morgan fingerprint density at radius 1 is 1.00 bits per heavy atom. The first kappa shape index (κ1) is 14.3. The molecule has 21 heavy (non-hydrogen) atoms. The summed E-state index contributed by atoms with van der Waals surface area (Å²) in [6, 6.07) is 19.7. The van der Waals surface area contributed by atoms with Gasteiger partial charge in [-0.25, -0.2) is 0 Å². The molecule has 2 atom stereocenters. The van der Waals surface area contributed by atoms with Crippen molar-refractivity contribution in [2.75, 3.05) is 13.1 Å². The van der Waals surface area contributed by atoms with Gasteiger partial charge in [-0.3, -0.25) is 0 Å². The predicted molar refractivity (Wildman–Crippen MR) is 89.8 cm³/mol. The molecule has 1 aliphatic rings. The first-order chi connectivity index (χ1) is 10.3. The van der Waals surface area contributed by atoms with E-state index in [1.165, 1.54) is 17.5 Å². The van der Waals surface area contributed by atoms with Crippen LogP contribution in [0.5, 0.6) is 0 Å². The lowest BCUT2D eigenvalue weighted by atomic mass is 9.77. The monoisotopic (exact) mass is 279 g/mol. The molecule has 110 valence electrons. The van der Waals surface area contributed by atoms with Gasteiger partial charge in [-0.2, -0.15) is 0 Å². The summed E-state index contributed by atoms with van der Waals surface area (Å²) in [6.07, 6.45) is 1.24. The SMILES string of the molecule is CC(C)C(CNCC1Cc2ccccc21)c1ccccc1. The minimum atomic E-state index is 0.599. The van der Waals surface area contributed by atoms with Gasteiger partial charge in [0.05, 0.1) is 0 Å². The molecular formula is C20H25N. The standard InChI is InChI=1S/C20H25N/c1-15(2)20(16-8-4-3-5-9-16)14-21-13-18-12-17-10-6-7-11-19(17)18/h3-11,15,18,20-21H,12-14H2,1-2H3. The molecule has 2 aromatic carbocycles. The van der Waals surface area contributed by atoms with Crippen LogP contribution in [0.2, 0.25) is 0 Å². The van der Waals surface area contributed by atoms with Gasteiger partial charge in [0.25, 0.3) is 0 Å². The summed E-state index contributed by atoms with van der Waals surface area (Å²) >= 11 is 0. The zero-order valence-electron chi connectivity index (χ0n) is 13.0. The van der Waals surface area contributed by atoms with E-state index in [0.29, 0.717) is 17.8 Å². The van der Waals surface area contributed by atoms with E-state index in [2.05, 4.69) is 73.8 Å². The summed E-state index contributed by atoms with van der Waals surface area (Å²) in [5, 5.41) is 3.71. The van der Waals surface area contributed by atoms with Crippen LogP contribution in [0.4, 0.5) is 0 Å². The number of hydrogen-bond acceptors (Lipinski definition) is 1. The summed E-state index contributed by atoms with van der Waals surface area (Å²) in [7, 11) is 0. The number of hydrogen-bond donors (Lipinski definition) is 1. The van der Waals surface area contributed by atoms with Gasteiger partial charge in [0.1, 0.15) is 0 Å². The number of benzene rings is 2. The molecule has 3 rings (SSSR count). The maximum atomic E-state index is 3.71. The lowest BCUT2D eigenvalue weighted by Gasteiger charge is -2.31. The van der Waals surface area contributed by atoms with Crippen LogP contribution in [-0.2, 0) is 6.42 Å². The van der Waals surface area contributed by atoms with Crippen molar-refractivity contribution in [2.24, 2.45) is 5.92 Å². The Balaban J connectivity index is 1.55. The van der Waals surface area contributed by atoms with Crippen molar-refractivity contribution in [1.29, 1.82) is 0 Å². The summed E-state index contributed by atoms with van der Waals surface area (Å²) < 4.78 is 0. The van der Waals surface area contributed by atoms with Gasteiger partial charge in [-0.15, -0.1) is 0 Å². The van der Waals surface area contributed by atoms with Gasteiger partial charge in [-0.1, -0.05) is 68.4 Å². The van der Waals surface area contributed by atoms with Gasteiger partial charge in [0.15, 0.2) is 0 Å². The van der Waals surface area contributed by atoms with Crippen molar-refractivity contribution in [3.63, 3.8) is 0 Å². The largest absolute Gasteiger partial charge is 0.315 e. The maximum absolute atomic E-state index is 3.71. The Hall–Kier alpha value is -1.60. The minimum Gasteiger partial charge on any atom is -0.315 e. The fraction of sp³-hybridized carbons (Fsp3) is 0.400. The van der Waals surface area contributed by atoms with Gasteiger partial charge < -0.3 is 5.32 Å². The molecule has 0 spiro atoms. The maximum Gasteiger partial charge on any atom is 0.00237 e. The van der Waals surface area contributed by atoms with Crippen LogP contribution in [0.3, 0.4) is 0 Å². The average molecular weight is 279 g/mol. The first-order valence-electron chi connectivity index (χ1n) is 8.09. The van der Waals surface area contributed by atoms with Crippen LogP contribution in [-0.4, -0.2) is 13.1 Å². The lowest BCUT2D eigenvalue weighted by Crippen LogP contribution is -2.32. The van der Waals surface area contributed by atoms with Crippen molar-refractivity contribution in [3.8, 4) is 0 Å². The molecule has 1 N–H and O–H groups in total. The topological polar surface area (TPSA) is 12.0 Å². The van der Waals surface area contributed by atoms with Crippen molar-refractivity contribution in [2.45, 2.75) is 32.1 Å². The van der Waals surface area contributed by atoms with Crippen LogP contribution in [0, 0.1) is 5.92 Å². The molecule has 2 unspecified atom stereocenters. The second kappa shape index (κ2) is 6.44. The third-order valence-corrected chi connectivity index (χ3v) is 4.75. The van der Waals surface area contributed by atoms with Gasteiger partial charge in [0, 0.05) is 19.0 Å². The predicted octanol–water partition coefficient (Wildman–Crippen LogP) is 4.36. The van der Waals surface area contributed by atoms with Crippen LogP contribution in [0.1, 0.15) is 42.4 Å². The molecule has 0 aromatic heterocycles. The van der Waals surface area contributed by atoms with E-state index in [-0.39, 0.29) is 0 Å². The first-order valence-corrected chi connectivity index (χ1v) is 8.09. The highest BCUT2D eigenvalue weighted by Crippen LogP contribution is 2.34. The highest BCUT2D eigenvalue weighted by atomic mass is 14.9. The lowest BCUT2D eigenvalue weighted by molar-refractivity contribution is 0.441. The zero-order valence-corrected chi connectivity index (χ0v) is 13.0. The van der Waals surface area contributed by atoms with Crippen LogP contribution >= 0.6 is 0 Å². The van der Waals surface area contributed by atoms with Crippen molar-refractivity contribution >= 4 is 0 Å². The molecule has 0 bridgehead atoms. The Labute approximate surface area is 128 Å². The van der Waals surface area contributed by atoms with Crippen LogP contribution in [0.15, 0.2) is 54.6 Å². The molecular weight excluding hydrogens is 254 g/mol. The average Bonchev–Trinajstić information content (AvgIpc) is 2.48. The van der Waals surface area contributed by atoms with E-state index >= 15 is 0 Å². The van der Waals surface area contributed by atoms with Crippen molar-refractivity contribution < 1.29 is 0 Å². The molecule has 0 amide bonds. The van der Waals surface area contributed by atoms with E-state index in [9.17, 15) is 0 Å². The molecule has 2 aromatic rings.